The van der Waals surface area contributed by atoms with E-state index in [1.165, 1.54) is 24.8 Å². The number of nitrogens with two attached hydrogens (primary N) is 1. The second-order valence-corrected chi connectivity index (χ2v) is 5.65. The van der Waals surface area contributed by atoms with E-state index in [-0.39, 0.29) is 11.2 Å². The lowest BCUT2D eigenvalue weighted by Gasteiger charge is -2.36. The summed E-state index contributed by atoms with van der Waals surface area (Å²) in [4.78, 5) is 11.5. The van der Waals surface area contributed by atoms with Gasteiger partial charge in [0.1, 0.15) is 0 Å². The molecule has 0 atom stereocenters. The van der Waals surface area contributed by atoms with Gasteiger partial charge in [-0.3, -0.25) is 4.57 Å². The third-order valence-corrected chi connectivity index (χ3v) is 4.61. The van der Waals surface area contributed by atoms with Crippen LogP contribution in [0.25, 0.3) is 11.1 Å². The summed E-state index contributed by atoms with van der Waals surface area (Å²) < 4.78 is 6.75. The average Bonchev–Trinajstić information content (AvgIpc) is 2.74. The van der Waals surface area contributed by atoms with E-state index >= 15 is 0 Å². The third kappa shape index (κ3) is 1.91. The second kappa shape index (κ2) is 4.53. The molecule has 0 amide bonds. The van der Waals surface area contributed by atoms with Crippen molar-refractivity contribution in [3.05, 3.63) is 34.3 Å². The minimum absolute atomic E-state index is 0.0831. The highest BCUT2D eigenvalue weighted by Gasteiger charge is 2.32. The number of aromatic nitrogens is 1. The van der Waals surface area contributed by atoms with Gasteiger partial charge in [-0.05, 0) is 30.5 Å². The minimum Gasteiger partial charge on any atom is -0.408 e. The number of rotatable bonds is 2. The highest BCUT2D eigenvalue weighted by atomic mass is 16.4. The fourth-order valence-corrected chi connectivity index (χ4v) is 3.30. The van der Waals surface area contributed by atoms with E-state index < -0.39 is 0 Å². The molecule has 1 aliphatic carbocycles. The predicted octanol–water partition coefficient (Wildman–Crippen LogP) is 2.29. The van der Waals surface area contributed by atoms with Crippen molar-refractivity contribution in [3.63, 3.8) is 0 Å². The maximum absolute atomic E-state index is 11.5. The van der Waals surface area contributed by atoms with Crippen LogP contribution < -0.4 is 11.5 Å². The zero-order valence-corrected chi connectivity index (χ0v) is 11.3. The minimum atomic E-state index is -0.308. The summed E-state index contributed by atoms with van der Waals surface area (Å²) in [6, 6.07) is 6.06. The van der Waals surface area contributed by atoms with Gasteiger partial charge in [-0.25, -0.2) is 4.79 Å². The molecule has 1 heterocycles. The number of hydrogen-bond donors (Lipinski definition) is 1. The molecular weight excluding hydrogens is 240 g/mol. The summed E-state index contributed by atoms with van der Waals surface area (Å²) in [5, 5.41) is 0. The van der Waals surface area contributed by atoms with Crippen molar-refractivity contribution in [3.8, 4) is 0 Å². The lowest BCUT2D eigenvalue weighted by molar-refractivity contribution is 0.301. The van der Waals surface area contributed by atoms with Gasteiger partial charge in [-0.1, -0.05) is 25.3 Å². The van der Waals surface area contributed by atoms with E-state index in [2.05, 4.69) is 12.1 Å². The van der Waals surface area contributed by atoms with Gasteiger partial charge in [-0.2, -0.15) is 0 Å². The number of hydrogen-bond acceptors (Lipinski definition) is 3. The Bertz CT molecular complexity index is 648. The normalized spacial score (nSPS) is 18.8. The lowest BCUT2D eigenvalue weighted by atomic mass is 9.69. The first kappa shape index (κ1) is 12.5. The molecule has 3 rings (SSSR count). The van der Waals surface area contributed by atoms with Crippen LogP contribution in [0.15, 0.2) is 27.4 Å². The van der Waals surface area contributed by atoms with Crippen molar-refractivity contribution < 1.29 is 4.42 Å². The third-order valence-electron chi connectivity index (χ3n) is 4.61. The van der Waals surface area contributed by atoms with Crippen LogP contribution in [0.5, 0.6) is 0 Å². The molecule has 1 saturated carbocycles. The van der Waals surface area contributed by atoms with Crippen molar-refractivity contribution >= 4 is 11.1 Å². The fraction of sp³-hybridized carbons (Fsp3) is 0.533. The Morgan fingerprint density at radius 1 is 1.32 bits per heavy atom. The zero-order valence-electron chi connectivity index (χ0n) is 11.3. The molecule has 0 spiro atoms. The van der Waals surface area contributed by atoms with Crippen LogP contribution in [0.3, 0.4) is 0 Å². The van der Waals surface area contributed by atoms with E-state index in [0.29, 0.717) is 12.1 Å². The van der Waals surface area contributed by atoms with Crippen molar-refractivity contribution in [1.29, 1.82) is 0 Å². The van der Waals surface area contributed by atoms with E-state index in [1.54, 1.807) is 11.6 Å². The molecule has 4 heteroatoms. The second-order valence-electron chi connectivity index (χ2n) is 5.65. The molecule has 1 aromatic heterocycles. The number of nitrogens with zero attached hydrogens (tertiary/aromatic N) is 1. The smallest absolute Gasteiger partial charge is 0.408 e. The fourth-order valence-electron chi connectivity index (χ4n) is 3.30. The monoisotopic (exact) mass is 260 g/mol. The lowest BCUT2D eigenvalue weighted by Crippen LogP contribution is -2.37. The molecular formula is C15H20N2O2. The molecule has 19 heavy (non-hydrogen) atoms. The molecule has 0 aliphatic heterocycles. The van der Waals surface area contributed by atoms with Gasteiger partial charge in [-0.15, -0.1) is 0 Å². The highest BCUT2D eigenvalue weighted by Crippen LogP contribution is 2.39. The van der Waals surface area contributed by atoms with Crippen LogP contribution in [0.1, 0.15) is 37.7 Å². The summed E-state index contributed by atoms with van der Waals surface area (Å²) in [6.07, 6.45) is 6.05. The van der Waals surface area contributed by atoms with Crippen molar-refractivity contribution in [2.75, 3.05) is 6.54 Å². The molecule has 2 N–H and O–H groups in total. The Labute approximate surface area is 112 Å². The van der Waals surface area contributed by atoms with Gasteiger partial charge in [0.05, 0.1) is 5.52 Å². The van der Waals surface area contributed by atoms with Gasteiger partial charge in [0.15, 0.2) is 5.58 Å². The molecule has 0 bridgehead atoms. The quantitative estimate of drug-likeness (QED) is 0.901. The SMILES string of the molecule is Cn1c(=O)oc2ccc(C3(CN)CCCCC3)cc21. The number of fused-ring (bicyclic) bond motifs is 1. The zero-order chi connectivity index (χ0) is 13.5. The molecule has 2 aromatic rings. The molecule has 1 fully saturated rings. The molecule has 0 unspecified atom stereocenters. The standard InChI is InChI=1S/C15H20N2O2/c1-17-12-9-11(5-6-13(12)19-14(17)18)15(10-16)7-3-2-4-8-15/h5-6,9H,2-4,7-8,10,16H2,1H3. The van der Waals surface area contributed by atoms with Crippen LogP contribution in [-0.2, 0) is 12.5 Å². The van der Waals surface area contributed by atoms with Crippen molar-refractivity contribution in [2.24, 2.45) is 12.8 Å². The first-order valence-corrected chi connectivity index (χ1v) is 6.96. The number of aryl methyl sites for hydroxylation is 1. The summed E-state index contributed by atoms with van der Waals surface area (Å²) >= 11 is 0. The highest BCUT2D eigenvalue weighted by molar-refractivity contribution is 5.74. The molecule has 1 aliphatic rings. The topological polar surface area (TPSA) is 61.2 Å². The number of benzene rings is 1. The number of oxazole rings is 1. The summed E-state index contributed by atoms with van der Waals surface area (Å²) in [5.41, 5.74) is 8.91. The Hall–Kier alpha value is -1.55. The Morgan fingerprint density at radius 2 is 2.05 bits per heavy atom. The first-order valence-electron chi connectivity index (χ1n) is 6.96. The Kier molecular flexibility index (Phi) is 2.97. The van der Waals surface area contributed by atoms with Crippen LogP contribution in [-0.4, -0.2) is 11.1 Å². The van der Waals surface area contributed by atoms with Crippen LogP contribution in [0.2, 0.25) is 0 Å². The van der Waals surface area contributed by atoms with Gasteiger partial charge in [0.25, 0.3) is 0 Å². The molecule has 102 valence electrons. The van der Waals surface area contributed by atoms with Crippen LogP contribution in [0, 0.1) is 0 Å². The van der Waals surface area contributed by atoms with Gasteiger partial charge >= 0.3 is 5.76 Å². The summed E-state index contributed by atoms with van der Waals surface area (Å²) in [5.74, 6) is -0.308. The molecule has 4 nitrogen and oxygen atoms in total. The van der Waals surface area contributed by atoms with Gasteiger partial charge in [0.2, 0.25) is 0 Å². The summed E-state index contributed by atoms with van der Waals surface area (Å²) in [6.45, 7) is 0.671. The molecule has 0 radical (unpaired) electrons. The Balaban J connectivity index is 2.13. The van der Waals surface area contributed by atoms with Crippen LogP contribution >= 0.6 is 0 Å². The molecule has 0 saturated heterocycles. The van der Waals surface area contributed by atoms with E-state index in [4.69, 9.17) is 10.2 Å². The maximum atomic E-state index is 11.5. The maximum Gasteiger partial charge on any atom is 0.419 e. The summed E-state index contributed by atoms with van der Waals surface area (Å²) in [7, 11) is 1.74. The van der Waals surface area contributed by atoms with E-state index in [0.717, 1.165) is 18.4 Å². The largest absolute Gasteiger partial charge is 0.419 e. The first-order chi connectivity index (χ1) is 9.16. The average molecular weight is 260 g/mol. The van der Waals surface area contributed by atoms with Crippen molar-refractivity contribution in [2.45, 2.75) is 37.5 Å². The Morgan fingerprint density at radius 3 is 2.74 bits per heavy atom. The van der Waals surface area contributed by atoms with E-state index in [1.807, 2.05) is 6.07 Å². The predicted molar refractivity (Wildman–Crippen MR) is 75.3 cm³/mol. The van der Waals surface area contributed by atoms with E-state index in [9.17, 15) is 4.79 Å². The van der Waals surface area contributed by atoms with Crippen LogP contribution in [0.4, 0.5) is 0 Å². The van der Waals surface area contributed by atoms with Gasteiger partial charge < -0.3 is 10.2 Å². The molecule has 1 aromatic carbocycles. The van der Waals surface area contributed by atoms with Gasteiger partial charge in [0, 0.05) is 19.0 Å². The van der Waals surface area contributed by atoms with Crippen molar-refractivity contribution in [1.82, 2.24) is 4.57 Å².